The third kappa shape index (κ3) is 6.52. The molecular weight excluding hydrogens is 553 g/mol. The number of anilines is 1. The first kappa shape index (κ1) is 28.4. The number of hydrogen-bond acceptors (Lipinski definition) is 7. The minimum absolute atomic E-state index is 0.00682. The van der Waals surface area contributed by atoms with Crippen LogP contribution in [0.1, 0.15) is 37.7 Å². The first-order valence-corrected chi connectivity index (χ1v) is 12.4. The van der Waals surface area contributed by atoms with Gasteiger partial charge in [0.1, 0.15) is 4.83 Å². The Balaban J connectivity index is 1.39. The molecule has 2 aromatic carbocycles. The summed E-state index contributed by atoms with van der Waals surface area (Å²) >= 11 is 1.15. The van der Waals surface area contributed by atoms with E-state index in [-0.39, 0.29) is 42.2 Å². The summed E-state index contributed by atoms with van der Waals surface area (Å²) < 4.78 is 43.9. The van der Waals surface area contributed by atoms with Crippen molar-refractivity contribution in [3.63, 3.8) is 0 Å². The van der Waals surface area contributed by atoms with Crippen molar-refractivity contribution in [2.24, 2.45) is 0 Å². The lowest BCUT2D eigenvalue weighted by Gasteiger charge is -2.19. The maximum absolute atomic E-state index is 12.7. The van der Waals surface area contributed by atoms with Crippen LogP contribution in [0.2, 0.25) is 0 Å². The molecule has 0 saturated carbocycles. The van der Waals surface area contributed by atoms with E-state index in [9.17, 15) is 32.3 Å². The molecule has 4 rings (SSSR count). The molecule has 14 heteroatoms. The van der Waals surface area contributed by atoms with Crippen LogP contribution in [-0.2, 0) is 29.3 Å². The molecular formula is C26H21F3N4O6S. The van der Waals surface area contributed by atoms with Gasteiger partial charge in [-0.2, -0.15) is 13.2 Å². The van der Waals surface area contributed by atoms with Crippen molar-refractivity contribution in [1.82, 2.24) is 15.3 Å². The lowest BCUT2D eigenvalue weighted by atomic mass is 10.1. The van der Waals surface area contributed by atoms with E-state index >= 15 is 0 Å². The fraction of sp³-hybridized carbons (Fsp3) is 0.192. The Morgan fingerprint density at radius 1 is 1.10 bits per heavy atom. The van der Waals surface area contributed by atoms with E-state index < -0.39 is 29.5 Å². The van der Waals surface area contributed by atoms with Gasteiger partial charge in [-0.3, -0.25) is 14.4 Å². The van der Waals surface area contributed by atoms with E-state index in [4.69, 9.17) is 9.84 Å². The van der Waals surface area contributed by atoms with Gasteiger partial charge in [-0.15, -0.1) is 11.3 Å². The molecule has 0 aliphatic carbocycles. The highest BCUT2D eigenvalue weighted by Crippen LogP contribution is 2.24. The molecule has 0 aliphatic heterocycles. The number of hydrogen-bond donors (Lipinski definition) is 3. The number of benzene rings is 2. The van der Waals surface area contributed by atoms with Crippen molar-refractivity contribution in [2.45, 2.75) is 25.9 Å². The van der Waals surface area contributed by atoms with Gasteiger partial charge in [0.2, 0.25) is 5.82 Å². The fourth-order valence-electron chi connectivity index (χ4n) is 3.69. The molecule has 4 aromatic rings. The van der Waals surface area contributed by atoms with Crippen molar-refractivity contribution in [3.8, 4) is 0 Å². The number of halogens is 3. The molecule has 40 heavy (non-hydrogen) atoms. The fourth-order valence-corrected chi connectivity index (χ4v) is 4.62. The highest BCUT2D eigenvalue weighted by Gasteiger charge is 2.41. The molecule has 0 spiro atoms. The first-order chi connectivity index (χ1) is 18.9. The van der Waals surface area contributed by atoms with E-state index in [2.05, 4.69) is 15.3 Å². The van der Waals surface area contributed by atoms with Gasteiger partial charge in [-0.05, 0) is 40.8 Å². The summed E-state index contributed by atoms with van der Waals surface area (Å²) in [5, 5.41) is 13.5. The molecule has 0 fully saturated rings. The molecule has 0 radical (unpaired) electrons. The number of aromatic carboxylic acids is 1. The van der Waals surface area contributed by atoms with Gasteiger partial charge >= 0.3 is 18.1 Å². The predicted molar refractivity (Wildman–Crippen MR) is 139 cm³/mol. The molecule has 2 aromatic heterocycles. The van der Waals surface area contributed by atoms with Gasteiger partial charge in [-0.1, -0.05) is 24.3 Å². The number of carbonyl (C=O) groups excluding carboxylic acids is 2. The van der Waals surface area contributed by atoms with Gasteiger partial charge < -0.3 is 25.0 Å². The zero-order chi connectivity index (χ0) is 29.0. The lowest BCUT2D eigenvalue weighted by molar-refractivity contribution is -0.170. The van der Waals surface area contributed by atoms with Crippen LogP contribution in [0.3, 0.4) is 0 Å². The van der Waals surface area contributed by atoms with Crippen LogP contribution in [0, 0.1) is 0 Å². The SMILES string of the molecule is CN(C(=O)C(F)(F)F)c1cccc(CNC(=O)c2nc3scc(COCc4ccc(C(=O)O)cc4)c3c(=O)[nH]2)c1. The van der Waals surface area contributed by atoms with E-state index in [0.29, 0.717) is 20.9 Å². The molecule has 2 heterocycles. The molecule has 3 N–H and O–H groups in total. The highest BCUT2D eigenvalue weighted by molar-refractivity contribution is 7.16. The van der Waals surface area contributed by atoms with Crippen molar-refractivity contribution >= 4 is 45.0 Å². The van der Waals surface area contributed by atoms with Gasteiger partial charge in [0.25, 0.3) is 11.5 Å². The maximum Gasteiger partial charge on any atom is 0.471 e. The van der Waals surface area contributed by atoms with Crippen molar-refractivity contribution in [2.75, 3.05) is 11.9 Å². The number of amides is 2. The molecule has 208 valence electrons. The van der Waals surface area contributed by atoms with E-state index in [1.54, 1.807) is 23.6 Å². The van der Waals surface area contributed by atoms with Crippen LogP contribution >= 0.6 is 11.3 Å². The smallest absolute Gasteiger partial charge is 0.471 e. The second-order valence-corrected chi connectivity index (χ2v) is 9.42. The number of alkyl halides is 3. The molecule has 0 bridgehead atoms. The molecule has 2 amide bonds. The molecule has 10 nitrogen and oxygen atoms in total. The van der Waals surface area contributed by atoms with Gasteiger partial charge in [0.15, 0.2) is 0 Å². The number of carbonyl (C=O) groups is 3. The molecule has 0 aliphatic rings. The van der Waals surface area contributed by atoms with Crippen LogP contribution in [0.25, 0.3) is 10.2 Å². The highest BCUT2D eigenvalue weighted by atomic mass is 32.1. The number of nitrogens with one attached hydrogen (secondary N) is 2. The Hall–Kier alpha value is -4.56. The maximum atomic E-state index is 12.7. The first-order valence-electron chi connectivity index (χ1n) is 11.6. The number of thiophene rings is 1. The summed E-state index contributed by atoms with van der Waals surface area (Å²) in [6, 6.07) is 11.9. The standard InChI is InChI=1S/C26H21F3N4O6S/c1-33(25(38)26(27,28)29)18-4-2-3-15(9-18)10-30-22(35)20-31-21(34)19-17(13-40-23(19)32-20)12-39-11-14-5-7-16(8-6-14)24(36)37/h2-9,13H,10-12H2,1H3,(H,30,35)(H,36,37)(H,31,32,34). The number of fused-ring (bicyclic) bond motifs is 1. The number of H-pyrrole nitrogens is 1. The Kier molecular flexibility index (Phi) is 8.30. The second-order valence-electron chi connectivity index (χ2n) is 8.57. The summed E-state index contributed by atoms with van der Waals surface area (Å²) in [6.45, 7) is 0.169. The van der Waals surface area contributed by atoms with Gasteiger partial charge in [0.05, 0.1) is 24.2 Å². The summed E-state index contributed by atoms with van der Waals surface area (Å²) in [5.74, 6) is -4.01. The molecule has 0 atom stereocenters. The zero-order valence-corrected chi connectivity index (χ0v) is 21.6. The van der Waals surface area contributed by atoms with Crippen molar-refractivity contribution < 1.29 is 37.4 Å². The predicted octanol–water partition coefficient (Wildman–Crippen LogP) is 3.85. The zero-order valence-electron chi connectivity index (χ0n) is 20.7. The quantitative estimate of drug-likeness (QED) is 0.276. The minimum atomic E-state index is -5.03. The Labute approximate surface area is 228 Å². The summed E-state index contributed by atoms with van der Waals surface area (Å²) in [6.07, 6.45) is -5.03. The van der Waals surface area contributed by atoms with Crippen LogP contribution < -0.4 is 15.8 Å². The van der Waals surface area contributed by atoms with Crippen LogP contribution in [0.5, 0.6) is 0 Å². The second kappa shape index (κ2) is 11.7. The topological polar surface area (TPSA) is 142 Å². The average Bonchev–Trinajstić information content (AvgIpc) is 3.34. The average molecular weight is 575 g/mol. The minimum Gasteiger partial charge on any atom is -0.478 e. The number of ether oxygens (including phenoxy) is 1. The van der Waals surface area contributed by atoms with Crippen molar-refractivity contribution in [1.29, 1.82) is 0 Å². The number of rotatable bonds is 9. The van der Waals surface area contributed by atoms with Gasteiger partial charge in [-0.25, -0.2) is 9.78 Å². The number of nitrogens with zero attached hydrogens (tertiary/aromatic N) is 2. The largest absolute Gasteiger partial charge is 0.478 e. The van der Waals surface area contributed by atoms with Crippen LogP contribution in [-0.4, -0.2) is 46.1 Å². The third-order valence-corrected chi connectivity index (χ3v) is 6.68. The van der Waals surface area contributed by atoms with E-state index in [1.807, 2.05) is 0 Å². The summed E-state index contributed by atoms with van der Waals surface area (Å²) in [5.41, 5.74) is 1.34. The normalized spacial score (nSPS) is 11.4. The van der Waals surface area contributed by atoms with E-state index in [0.717, 1.165) is 23.9 Å². The number of aromatic amines is 1. The third-order valence-electron chi connectivity index (χ3n) is 5.76. The summed E-state index contributed by atoms with van der Waals surface area (Å²) in [4.78, 5) is 55.3. The van der Waals surface area contributed by atoms with Crippen LogP contribution in [0.15, 0.2) is 58.7 Å². The Morgan fingerprint density at radius 3 is 2.50 bits per heavy atom. The van der Waals surface area contributed by atoms with Crippen molar-refractivity contribution in [3.05, 3.63) is 92.3 Å². The number of carboxylic acids is 1. The Bertz CT molecular complexity index is 1630. The van der Waals surface area contributed by atoms with E-state index in [1.165, 1.54) is 30.3 Å². The monoisotopic (exact) mass is 574 g/mol. The molecule has 0 saturated heterocycles. The number of carboxylic acid groups (broad SMARTS) is 1. The number of aromatic nitrogens is 2. The summed E-state index contributed by atoms with van der Waals surface area (Å²) in [7, 11) is 0.996. The van der Waals surface area contributed by atoms with Crippen LogP contribution in [0.4, 0.5) is 18.9 Å². The van der Waals surface area contributed by atoms with Gasteiger partial charge in [0, 0.05) is 24.8 Å². The lowest BCUT2D eigenvalue weighted by Crippen LogP contribution is -2.38. The molecule has 0 unspecified atom stereocenters. The Morgan fingerprint density at radius 2 is 1.82 bits per heavy atom.